The number of nitrogens with zero attached hydrogens (tertiary/aromatic N) is 1. The number of fused-ring (bicyclic) bond motifs is 10. The zero-order chi connectivity index (χ0) is 26.2. The number of hydrogen-bond acceptors (Lipinski definition) is 3. The Kier molecular flexibility index (Phi) is 4.52. The van der Waals surface area contributed by atoms with Crippen molar-refractivity contribution in [3.8, 4) is 22.5 Å². The van der Waals surface area contributed by atoms with Crippen LogP contribution in [0.2, 0.25) is 0 Å². The van der Waals surface area contributed by atoms with Gasteiger partial charge in [-0.3, -0.25) is 0 Å². The maximum atomic E-state index is 6.12. The Balaban J connectivity index is 1.40. The van der Waals surface area contributed by atoms with Gasteiger partial charge in [0, 0.05) is 47.5 Å². The lowest BCUT2D eigenvalue weighted by Crippen LogP contribution is -1.91. The van der Waals surface area contributed by atoms with Crippen molar-refractivity contribution in [1.29, 1.82) is 0 Å². The first-order chi connectivity index (χ1) is 19.8. The van der Waals surface area contributed by atoms with E-state index in [4.69, 9.17) is 9.40 Å². The summed E-state index contributed by atoms with van der Waals surface area (Å²) in [7, 11) is 0. The summed E-state index contributed by atoms with van der Waals surface area (Å²) in [6, 6.07) is 45.2. The molecule has 3 aromatic heterocycles. The quantitative estimate of drug-likeness (QED) is 0.223. The Morgan fingerprint density at radius 1 is 0.500 bits per heavy atom. The second-order valence-corrected chi connectivity index (χ2v) is 11.4. The molecule has 9 rings (SSSR count). The summed E-state index contributed by atoms with van der Waals surface area (Å²) >= 11 is 1.88. The van der Waals surface area contributed by atoms with E-state index in [-0.39, 0.29) is 0 Å². The molecule has 2 nitrogen and oxygen atoms in total. The van der Waals surface area contributed by atoms with Crippen LogP contribution in [0.4, 0.5) is 0 Å². The number of pyridine rings is 1. The standard InChI is InChI=1S/C37H21NOS/c1-2-9-23(10-3-1)36-27-17-19-34-35(28-16-14-22-8-4-5-11-25(22)37(28)40-34)30(27)21-31(38-36)24-15-18-33-29(20-24)26-12-6-7-13-32(26)39-33/h1-21H. The summed E-state index contributed by atoms with van der Waals surface area (Å²) < 4.78 is 8.75. The van der Waals surface area contributed by atoms with E-state index in [2.05, 4.69) is 115 Å². The number of rotatable bonds is 2. The molecule has 0 amide bonds. The predicted molar refractivity (Wildman–Crippen MR) is 170 cm³/mol. The smallest absolute Gasteiger partial charge is 0.135 e. The maximum Gasteiger partial charge on any atom is 0.135 e. The van der Waals surface area contributed by atoms with E-state index in [1.54, 1.807) is 0 Å². The van der Waals surface area contributed by atoms with Gasteiger partial charge in [0.2, 0.25) is 0 Å². The molecule has 0 aliphatic heterocycles. The first kappa shape index (κ1) is 21.9. The molecule has 0 aliphatic carbocycles. The van der Waals surface area contributed by atoms with Crippen molar-refractivity contribution in [2.45, 2.75) is 0 Å². The van der Waals surface area contributed by atoms with Crippen molar-refractivity contribution in [3.63, 3.8) is 0 Å². The first-order valence-corrected chi connectivity index (χ1v) is 14.3. The molecule has 0 N–H and O–H groups in total. The zero-order valence-electron chi connectivity index (χ0n) is 21.4. The number of furan rings is 1. The molecule has 0 unspecified atom stereocenters. The SMILES string of the molecule is c1ccc(-c2nc(-c3ccc4oc5ccccc5c4c3)cc3c2ccc2sc4c5ccccc5ccc4c23)cc1. The van der Waals surface area contributed by atoms with Crippen LogP contribution in [0, 0.1) is 0 Å². The third-order valence-corrected chi connectivity index (χ3v) is 9.26. The van der Waals surface area contributed by atoms with Gasteiger partial charge >= 0.3 is 0 Å². The second kappa shape index (κ2) is 8.25. The molecule has 186 valence electrons. The Labute approximate surface area is 233 Å². The highest BCUT2D eigenvalue weighted by molar-refractivity contribution is 7.26. The van der Waals surface area contributed by atoms with Crippen LogP contribution in [0.15, 0.2) is 132 Å². The Hall–Kier alpha value is -4.99. The van der Waals surface area contributed by atoms with Gasteiger partial charge in [-0.05, 0) is 52.6 Å². The van der Waals surface area contributed by atoms with Crippen molar-refractivity contribution < 1.29 is 4.42 Å². The van der Waals surface area contributed by atoms with E-state index in [1.165, 1.54) is 41.7 Å². The highest BCUT2D eigenvalue weighted by Gasteiger charge is 2.17. The third-order valence-electron chi connectivity index (χ3n) is 8.06. The molecule has 0 bridgehead atoms. The summed E-state index contributed by atoms with van der Waals surface area (Å²) in [6.07, 6.45) is 0. The zero-order valence-corrected chi connectivity index (χ0v) is 22.2. The van der Waals surface area contributed by atoms with Crippen LogP contribution in [0.3, 0.4) is 0 Å². The number of aromatic nitrogens is 1. The minimum atomic E-state index is 0.895. The molecule has 40 heavy (non-hydrogen) atoms. The molecular weight excluding hydrogens is 506 g/mol. The molecule has 0 saturated heterocycles. The van der Waals surface area contributed by atoms with Gasteiger partial charge in [0.1, 0.15) is 11.2 Å². The molecular formula is C37H21NOS. The maximum absolute atomic E-state index is 6.12. The van der Waals surface area contributed by atoms with E-state index in [0.717, 1.165) is 44.5 Å². The highest BCUT2D eigenvalue weighted by atomic mass is 32.1. The average Bonchev–Trinajstić information content (AvgIpc) is 3.59. The van der Waals surface area contributed by atoms with Gasteiger partial charge in [-0.2, -0.15) is 0 Å². The molecule has 0 spiro atoms. The lowest BCUT2D eigenvalue weighted by atomic mass is 9.96. The largest absolute Gasteiger partial charge is 0.456 e. The van der Waals surface area contributed by atoms with Gasteiger partial charge in [0.15, 0.2) is 0 Å². The predicted octanol–water partition coefficient (Wildman–Crippen LogP) is 11.0. The van der Waals surface area contributed by atoms with Crippen LogP contribution in [0.25, 0.3) is 86.2 Å². The van der Waals surface area contributed by atoms with E-state index in [1.807, 2.05) is 23.5 Å². The van der Waals surface area contributed by atoms with E-state index < -0.39 is 0 Å². The van der Waals surface area contributed by atoms with Gasteiger partial charge in [0.25, 0.3) is 0 Å². The average molecular weight is 528 g/mol. The molecule has 3 heteroatoms. The monoisotopic (exact) mass is 527 g/mol. The molecule has 3 heterocycles. The minimum Gasteiger partial charge on any atom is -0.456 e. The van der Waals surface area contributed by atoms with Crippen LogP contribution in [-0.4, -0.2) is 4.98 Å². The van der Waals surface area contributed by atoms with E-state index in [9.17, 15) is 0 Å². The number of para-hydroxylation sites is 1. The van der Waals surface area contributed by atoms with Gasteiger partial charge in [-0.1, -0.05) is 91.0 Å². The minimum absolute atomic E-state index is 0.895. The van der Waals surface area contributed by atoms with Crippen molar-refractivity contribution in [3.05, 3.63) is 127 Å². The van der Waals surface area contributed by atoms with Crippen LogP contribution < -0.4 is 0 Å². The summed E-state index contributed by atoms with van der Waals surface area (Å²) in [5.41, 5.74) is 5.98. The fourth-order valence-electron chi connectivity index (χ4n) is 6.18. The molecule has 0 fully saturated rings. The molecule has 6 aromatic carbocycles. The fourth-order valence-corrected chi connectivity index (χ4v) is 7.43. The lowest BCUT2D eigenvalue weighted by molar-refractivity contribution is 0.669. The Morgan fingerprint density at radius 2 is 1.27 bits per heavy atom. The second-order valence-electron chi connectivity index (χ2n) is 10.3. The number of thiophene rings is 1. The third kappa shape index (κ3) is 3.13. The summed E-state index contributed by atoms with van der Waals surface area (Å²) in [6.45, 7) is 0. The van der Waals surface area contributed by atoms with Crippen LogP contribution in [0.5, 0.6) is 0 Å². The Morgan fingerprint density at radius 3 is 2.20 bits per heavy atom. The first-order valence-electron chi connectivity index (χ1n) is 13.5. The van der Waals surface area contributed by atoms with Crippen molar-refractivity contribution >= 4 is 75.0 Å². The van der Waals surface area contributed by atoms with Crippen molar-refractivity contribution in [1.82, 2.24) is 4.98 Å². The molecule has 0 radical (unpaired) electrons. The fraction of sp³-hybridized carbons (Fsp3) is 0. The van der Waals surface area contributed by atoms with Crippen molar-refractivity contribution in [2.75, 3.05) is 0 Å². The lowest BCUT2D eigenvalue weighted by Gasteiger charge is -2.12. The molecule has 0 aliphatic rings. The summed E-state index contributed by atoms with van der Waals surface area (Å²) in [5, 5.41) is 9.84. The normalized spacial score (nSPS) is 12.0. The van der Waals surface area contributed by atoms with Gasteiger partial charge < -0.3 is 4.42 Å². The molecule has 9 aromatic rings. The van der Waals surface area contributed by atoms with Gasteiger partial charge in [-0.25, -0.2) is 4.98 Å². The topological polar surface area (TPSA) is 26.0 Å². The summed E-state index contributed by atoms with van der Waals surface area (Å²) in [4.78, 5) is 5.31. The number of hydrogen-bond donors (Lipinski definition) is 0. The number of benzene rings is 6. The van der Waals surface area contributed by atoms with Crippen LogP contribution >= 0.6 is 11.3 Å². The summed E-state index contributed by atoms with van der Waals surface area (Å²) in [5.74, 6) is 0. The highest BCUT2D eigenvalue weighted by Crippen LogP contribution is 2.44. The van der Waals surface area contributed by atoms with E-state index in [0.29, 0.717) is 0 Å². The molecule has 0 saturated carbocycles. The molecule has 0 atom stereocenters. The Bertz CT molecular complexity index is 2430. The van der Waals surface area contributed by atoms with E-state index >= 15 is 0 Å². The van der Waals surface area contributed by atoms with Crippen LogP contribution in [-0.2, 0) is 0 Å². The van der Waals surface area contributed by atoms with Gasteiger partial charge in [-0.15, -0.1) is 11.3 Å². The van der Waals surface area contributed by atoms with Crippen molar-refractivity contribution in [2.24, 2.45) is 0 Å². The van der Waals surface area contributed by atoms with Gasteiger partial charge in [0.05, 0.1) is 11.4 Å². The van der Waals surface area contributed by atoms with Crippen LogP contribution in [0.1, 0.15) is 0 Å².